The maximum atomic E-state index is 12.8. The molecular weight excluding hydrogens is 495 g/mol. The van der Waals surface area contributed by atoms with Gasteiger partial charge < -0.3 is 0 Å². The largest absolute Gasteiger partial charge is 0.284 e. The third kappa shape index (κ3) is 5.83. The maximum absolute atomic E-state index is 12.8. The predicted octanol–water partition coefficient (Wildman–Crippen LogP) is 7.10. The summed E-state index contributed by atoms with van der Waals surface area (Å²) in [5, 5.41) is 4.73. The van der Waals surface area contributed by atoms with Crippen molar-refractivity contribution >= 4 is 33.0 Å². The van der Waals surface area contributed by atoms with Crippen LogP contribution in [0.25, 0.3) is 0 Å². The molecule has 5 heteroatoms. The number of allylic oxidation sites excluding steroid dienone is 8. The lowest BCUT2D eigenvalue weighted by Crippen LogP contribution is -2.19. The van der Waals surface area contributed by atoms with Gasteiger partial charge in [0.05, 0.1) is 9.75 Å². The van der Waals surface area contributed by atoms with Crippen LogP contribution in [-0.4, -0.2) is 8.42 Å². The topological polar surface area (TPSA) is 34.1 Å². The van der Waals surface area contributed by atoms with Gasteiger partial charge in [-0.15, -0.1) is 23.2 Å². The SMILES string of the molecule is CC1=CC=CC(Cl)(c2ccccc2C#CS(=O)(=O)C#Cc2ccccc2C2(Cl)C=CC=C(C)C2)C1. The quantitative estimate of drug-likeness (QED) is 0.313. The van der Waals surface area contributed by atoms with Gasteiger partial charge in [0.2, 0.25) is 0 Å². The van der Waals surface area contributed by atoms with Gasteiger partial charge in [0.15, 0.2) is 0 Å². The van der Waals surface area contributed by atoms with Crippen LogP contribution in [-0.2, 0) is 19.6 Å². The van der Waals surface area contributed by atoms with E-state index in [9.17, 15) is 8.42 Å². The monoisotopic (exact) mass is 518 g/mol. The summed E-state index contributed by atoms with van der Waals surface area (Å²) in [6.45, 7) is 4.02. The zero-order valence-electron chi connectivity index (χ0n) is 19.5. The van der Waals surface area contributed by atoms with Crippen LogP contribution < -0.4 is 0 Å². The maximum Gasteiger partial charge on any atom is 0.284 e. The van der Waals surface area contributed by atoms with Crippen molar-refractivity contribution in [1.82, 2.24) is 0 Å². The fourth-order valence-corrected chi connectivity index (χ4v) is 5.76. The molecule has 0 spiro atoms. The Morgan fingerprint density at radius 1 is 0.714 bits per heavy atom. The van der Waals surface area contributed by atoms with Crippen LogP contribution in [0.15, 0.2) is 96.1 Å². The molecule has 2 unspecified atom stereocenters. The molecule has 2 aliphatic rings. The van der Waals surface area contributed by atoms with Gasteiger partial charge in [-0.05, 0) is 61.8 Å². The molecule has 0 saturated heterocycles. The third-order valence-electron chi connectivity index (χ3n) is 5.94. The van der Waals surface area contributed by atoms with Gasteiger partial charge in [0.25, 0.3) is 9.84 Å². The van der Waals surface area contributed by atoms with E-state index in [1.807, 2.05) is 86.7 Å². The number of benzene rings is 2. The first kappa shape index (κ1) is 25.2. The normalized spacial score (nSPS) is 23.3. The summed E-state index contributed by atoms with van der Waals surface area (Å²) < 4.78 is 25.5. The van der Waals surface area contributed by atoms with Gasteiger partial charge in [0.1, 0.15) is 0 Å². The van der Waals surface area contributed by atoms with Crippen molar-refractivity contribution in [3.8, 4) is 22.3 Å². The molecule has 0 bridgehead atoms. The van der Waals surface area contributed by atoms with E-state index >= 15 is 0 Å². The van der Waals surface area contributed by atoms with E-state index in [0.717, 1.165) is 22.3 Å². The molecule has 0 fully saturated rings. The van der Waals surface area contributed by atoms with E-state index < -0.39 is 19.6 Å². The Morgan fingerprint density at radius 2 is 1.11 bits per heavy atom. The molecule has 176 valence electrons. The van der Waals surface area contributed by atoms with Crippen LogP contribution in [0.2, 0.25) is 0 Å². The van der Waals surface area contributed by atoms with Gasteiger partial charge in [-0.1, -0.05) is 84.0 Å². The molecule has 4 rings (SSSR count). The molecule has 2 nitrogen and oxygen atoms in total. The lowest BCUT2D eigenvalue weighted by molar-refractivity contribution is 0.615. The first-order valence-corrected chi connectivity index (χ1v) is 13.4. The van der Waals surface area contributed by atoms with E-state index in [0.29, 0.717) is 24.0 Å². The number of hydrogen-bond donors (Lipinski definition) is 0. The highest BCUT2D eigenvalue weighted by Gasteiger charge is 2.31. The van der Waals surface area contributed by atoms with Crippen LogP contribution in [0.4, 0.5) is 0 Å². The lowest BCUT2D eigenvalue weighted by Gasteiger charge is -2.28. The molecule has 0 saturated carbocycles. The summed E-state index contributed by atoms with van der Waals surface area (Å²) in [5.74, 6) is 5.59. The highest BCUT2D eigenvalue weighted by molar-refractivity contribution is 8.00. The summed E-state index contributed by atoms with van der Waals surface area (Å²) in [4.78, 5) is -1.54. The van der Waals surface area contributed by atoms with Crippen molar-refractivity contribution in [2.24, 2.45) is 0 Å². The second kappa shape index (κ2) is 9.96. The lowest BCUT2D eigenvalue weighted by atomic mass is 9.85. The molecule has 0 N–H and O–H groups in total. The van der Waals surface area contributed by atoms with E-state index in [2.05, 4.69) is 22.3 Å². The van der Waals surface area contributed by atoms with Crippen molar-refractivity contribution in [3.05, 3.63) is 118 Å². The Bertz CT molecular complexity index is 1410. The number of hydrogen-bond acceptors (Lipinski definition) is 2. The van der Waals surface area contributed by atoms with Crippen LogP contribution >= 0.6 is 23.2 Å². The first-order valence-electron chi connectivity index (χ1n) is 11.2. The highest BCUT2D eigenvalue weighted by atomic mass is 35.5. The van der Waals surface area contributed by atoms with Gasteiger partial charge in [0, 0.05) is 21.6 Å². The summed E-state index contributed by atoms with van der Waals surface area (Å²) in [6.07, 6.45) is 12.9. The number of halogens is 2. The van der Waals surface area contributed by atoms with Gasteiger partial charge in [-0.2, -0.15) is 0 Å². The Hall–Kier alpha value is -2.95. The molecule has 2 aromatic carbocycles. The fraction of sp³-hybridized carbons (Fsp3) is 0.200. The molecular formula is C30H24Cl2O2S. The second-order valence-corrected chi connectivity index (χ2v) is 11.6. The predicted molar refractivity (Wildman–Crippen MR) is 146 cm³/mol. The van der Waals surface area contributed by atoms with Crippen LogP contribution in [0.3, 0.4) is 0 Å². The van der Waals surface area contributed by atoms with Gasteiger partial charge >= 0.3 is 0 Å². The first-order chi connectivity index (χ1) is 16.6. The Kier molecular flexibility index (Phi) is 7.16. The molecule has 2 aliphatic carbocycles. The Balaban J connectivity index is 1.66. The summed E-state index contributed by atoms with van der Waals surface area (Å²) in [6, 6.07) is 14.7. The highest BCUT2D eigenvalue weighted by Crippen LogP contribution is 2.41. The molecule has 0 aromatic heterocycles. The zero-order chi connectivity index (χ0) is 25.1. The molecule has 0 aliphatic heterocycles. The minimum absolute atomic E-state index is 0.557. The van der Waals surface area contributed by atoms with Gasteiger partial charge in [-0.25, -0.2) is 8.42 Å². The van der Waals surface area contributed by atoms with Crippen LogP contribution in [0, 0.1) is 22.3 Å². The molecule has 35 heavy (non-hydrogen) atoms. The van der Waals surface area contributed by atoms with Crippen molar-refractivity contribution in [2.75, 3.05) is 0 Å². The third-order valence-corrected chi connectivity index (χ3v) is 7.61. The van der Waals surface area contributed by atoms with Crippen molar-refractivity contribution in [3.63, 3.8) is 0 Å². The Morgan fingerprint density at radius 3 is 1.51 bits per heavy atom. The summed E-state index contributed by atoms with van der Waals surface area (Å²) in [5.41, 5.74) is 4.92. The standard InChI is InChI=1S/C30H24Cl2O2S/c1-23-9-7-17-29(31,21-23)27-13-5-3-11-25(27)15-19-35(33,34)20-16-26-12-4-6-14-28(26)30(32)18-8-10-24(2)22-30/h3-14,17-18H,21-22H2,1-2H3. The average molecular weight is 519 g/mol. The van der Waals surface area contributed by atoms with Crippen molar-refractivity contribution in [1.29, 1.82) is 0 Å². The number of alkyl halides is 2. The van der Waals surface area contributed by atoms with E-state index in [-0.39, 0.29) is 0 Å². The summed E-state index contributed by atoms with van der Waals surface area (Å²) in [7, 11) is -4.00. The molecule has 0 amide bonds. The molecule has 0 heterocycles. The van der Waals surface area contributed by atoms with Crippen LogP contribution in [0.1, 0.15) is 48.9 Å². The molecule has 2 aromatic rings. The fourth-order valence-electron chi connectivity index (χ4n) is 4.33. The molecule has 0 radical (unpaired) electrons. The van der Waals surface area contributed by atoms with Crippen LogP contribution in [0.5, 0.6) is 0 Å². The van der Waals surface area contributed by atoms with E-state index in [1.54, 1.807) is 12.1 Å². The Labute approximate surface area is 218 Å². The van der Waals surface area contributed by atoms with Crippen molar-refractivity contribution < 1.29 is 8.42 Å². The minimum atomic E-state index is -4.00. The zero-order valence-corrected chi connectivity index (χ0v) is 21.8. The molecule has 2 atom stereocenters. The number of rotatable bonds is 2. The number of sulfone groups is 1. The van der Waals surface area contributed by atoms with Gasteiger partial charge in [-0.3, -0.25) is 0 Å². The van der Waals surface area contributed by atoms with E-state index in [4.69, 9.17) is 23.2 Å². The van der Waals surface area contributed by atoms with E-state index in [1.165, 1.54) is 0 Å². The smallest absolute Gasteiger partial charge is 0.202 e. The van der Waals surface area contributed by atoms with Crippen molar-refractivity contribution in [2.45, 2.75) is 36.4 Å². The minimum Gasteiger partial charge on any atom is -0.202 e. The second-order valence-electron chi connectivity index (χ2n) is 8.87. The average Bonchev–Trinajstić information content (AvgIpc) is 2.82. The summed E-state index contributed by atoms with van der Waals surface area (Å²) >= 11 is 13.8.